The summed E-state index contributed by atoms with van der Waals surface area (Å²) < 4.78 is 14.6. The van der Waals surface area contributed by atoms with E-state index < -0.39 is 17.5 Å². The van der Waals surface area contributed by atoms with Crippen molar-refractivity contribution in [2.45, 2.75) is 25.4 Å². The lowest BCUT2D eigenvalue weighted by Gasteiger charge is -2.12. The van der Waals surface area contributed by atoms with Crippen LogP contribution in [0.3, 0.4) is 0 Å². The van der Waals surface area contributed by atoms with Crippen molar-refractivity contribution in [3.8, 4) is 5.75 Å². The van der Waals surface area contributed by atoms with Crippen LogP contribution in [0.25, 0.3) is 0 Å². The van der Waals surface area contributed by atoms with Crippen LogP contribution in [0.1, 0.15) is 28.8 Å². The number of rotatable bonds is 4. The molecule has 1 aromatic carbocycles. The maximum absolute atomic E-state index is 13.8. The summed E-state index contributed by atoms with van der Waals surface area (Å²) in [7, 11) is 0. The maximum Gasteiger partial charge on any atom is 0.254 e. The molecule has 1 aliphatic rings. The number of nitrogens with zero attached hydrogens (tertiary/aromatic N) is 1. The van der Waals surface area contributed by atoms with Crippen molar-refractivity contribution >= 4 is 29.5 Å². The average molecular weight is 293 g/mol. The first kappa shape index (κ1) is 13.4. The summed E-state index contributed by atoms with van der Waals surface area (Å²) in [5.41, 5.74) is 0.0988. The number of benzene rings is 1. The Morgan fingerprint density at radius 2 is 2.17 bits per heavy atom. The zero-order valence-electron chi connectivity index (χ0n) is 9.29. The summed E-state index contributed by atoms with van der Waals surface area (Å²) in [6.45, 7) is -0.0201. The van der Waals surface area contributed by atoms with Crippen LogP contribution < -0.4 is 5.32 Å². The first-order chi connectivity index (χ1) is 8.49. The van der Waals surface area contributed by atoms with Gasteiger partial charge in [-0.2, -0.15) is 0 Å². The standard InChI is InChI=1S/C11H11Cl2FN2O2/c12-16(13)5-6-1-4-8(17)10(14)9(6)11(18)15-7-2-3-7/h1,4,7,17H,2-3,5H2,(H,15,18). The predicted molar refractivity (Wildman–Crippen MR) is 65.8 cm³/mol. The van der Waals surface area contributed by atoms with Crippen LogP contribution in [0.5, 0.6) is 5.75 Å². The van der Waals surface area contributed by atoms with E-state index in [9.17, 15) is 14.3 Å². The van der Waals surface area contributed by atoms with Gasteiger partial charge in [-0.15, -0.1) is 3.94 Å². The Hall–Kier alpha value is -1.04. The van der Waals surface area contributed by atoms with Crippen molar-refractivity contribution in [3.05, 3.63) is 29.1 Å². The van der Waals surface area contributed by atoms with Crippen molar-refractivity contribution in [2.75, 3.05) is 0 Å². The molecule has 4 nitrogen and oxygen atoms in total. The lowest BCUT2D eigenvalue weighted by Crippen LogP contribution is -2.28. The second-order valence-electron chi connectivity index (χ2n) is 4.14. The number of hydrogen-bond donors (Lipinski definition) is 2. The molecule has 0 saturated heterocycles. The van der Waals surface area contributed by atoms with Crippen LogP contribution in [-0.2, 0) is 6.54 Å². The molecule has 18 heavy (non-hydrogen) atoms. The molecule has 0 radical (unpaired) electrons. The molecule has 2 rings (SSSR count). The van der Waals surface area contributed by atoms with E-state index in [1.54, 1.807) is 0 Å². The molecule has 98 valence electrons. The Bertz CT molecular complexity index is 478. The highest BCUT2D eigenvalue weighted by molar-refractivity contribution is 6.33. The molecule has 0 heterocycles. The topological polar surface area (TPSA) is 52.6 Å². The Morgan fingerprint density at radius 1 is 1.50 bits per heavy atom. The number of hydrogen-bond acceptors (Lipinski definition) is 3. The smallest absolute Gasteiger partial charge is 0.254 e. The van der Waals surface area contributed by atoms with Gasteiger partial charge in [0, 0.05) is 6.04 Å². The van der Waals surface area contributed by atoms with Gasteiger partial charge in [0.1, 0.15) is 0 Å². The average Bonchev–Trinajstić information content (AvgIpc) is 3.06. The highest BCUT2D eigenvalue weighted by Crippen LogP contribution is 2.26. The van der Waals surface area contributed by atoms with Gasteiger partial charge in [-0.3, -0.25) is 4.79 Å². The van der Waals surface area contributed by atoms with Gasteiger partial charge in [0.15, 0.2) is 11.6 Å². The first-order valence-corrected chi connectivity index (χ1v) is 6.07. The number of amides is 1. The van der Waals surface area contributed by atoms with Gasteiger partial charge < -0.3 is 10.4 Å². The minimum absolute atomic E-state index is 0.0201. The third-order valence-corrected chi connectivity index (χ3v) is 2.88. The molecule has 0 atom stereocenters. The van der Waals surface area contributed by atoms with E-state index in [1.165, 1.54) is 6.07 Å². The SMILES string of the molecule is O=C(NC1CC1)c1c(CN(Cl)Cl)ccc(O)c1F. The predicted octanol–water partition coefficient (Wildman–Crippen LogP) is 2.53. The number of phenolic OH excluding ortho intramolecular Hbond substituents is 1. The fourth-order valence-electron chi connectivity index (χ4n) is 1.60. The molecule has 7 heteroatoms. The van der Waals surface area contributed by atoms with E-state index in [4.69, 9.17) is 23.6 Å². The molecule has 1 saturated carbocycles. The first-order valence-electron chi connectivity index (χ1n) is 5.39. The molecule has 1 aromatic rings. The van der Waals surface area contributed by atoms with E-state index in [0.717, 1.165) is 22.8 Å². The molecule has 0 unspecified atom stereocenters. The van der Waals surface area contributed by atoms with Crippen LogP contribution in [0.15, 0.2) is 12.1 Å². The lowest BCUT2D eigenvalue weighted by molar-refractivity contribution is 0.0945. The van der Waals surface area contributed by atoms with Gasteiger partial charge in [0.2, 0.25) is 0 Å². The van der Waals surface area contributed by atoms with Crippen LogP contribution >= 0.6 is 23.6 Å². The quantitative estimate of drug-likeness (QED) is 0.839. The fourth-order valence-corrected chi connectivity index (χ4v) is 1.85. The Labute approximate surface area is 114 Å². The summed E-state index contributed by atoms with van der Waals surface area (Å²) in [5, 5.41) is 12.0. The number of carbonyl (C=O) groups excluding carboxylic acids is 1. The summed E-state index contributed by atoms with van der Waals surface area (Å²) in [6, 6.07) is 2.67. The zero-order valence-corrected chi connectivity index (χ0v) is 10.8. The maximum atomic E-state index is 13.8. The van der Waals surface area contributed by atoms with E-state index >= 15 is 0 Å². The van der Waals surface area contributed by atoms with Gasteiger partial charge in [-0.1, -0.05) is 6.07 Å². The largest absolute Gasteiger partial charge is 0.505 e. The van der Waals surface area contributed by atoms with Crippen molar-refractivity contribution in [2.24, 2.45) is 0 Å². The van der Waals surface area contributed by atoms with E-state index in [0.29, 0.717) is 5.56 Å². The zero-order chi connectivity index (χ0) is 13.3. The molecule has 1 aliphatic carbocycles. The van der Waals surface area contributed by atoms with Crippen molar-refractivity contribution in [3.63, 3.8) is 0 Å². The number of nitrogens with one attached hydrogen (secondary N) is 1. The summed E-state index contributed by atoms with van der Waals surface area (Å²) in [5.74, 6) is -2.09. The van der Waals surface area contributed by atoms with Gasteiger partial charge in [-0.05, 0) is 48.0 Å². The number of aromatic hydroxyl groups is 1. The Kier molecular flexibility index (Phi) is 3.94. The molecule has 0 aliphatic heterocycles. The minimum atomic E-state index is -0.958. The molecule has 0 bridgehead atoms. The van der Waals surface area contributed by atoms with Crippen molar-refractivity contribution in [1.82, 2.24) is 9.25 Å². The van der Waals surface area contributed by atoms with Gasteiger partial charge in [0.25, 0.3) is 5.91 Å². The monoisotopic (exact) mass is 292 g/mol. The second kappa shape index (κ2) is 5.30. The summed E-state index contributed by atoms with van der Waals surface area (Å²) in [6.07, 6.45) is 1.78. The second-order valence-corrected chi connectivity index (χ2v) is 5.13. The van der Waals surface area contributed by atoms with E-state index in [1.807, 2.05) is 0 Å². The molecule has 0 spiro atoms. The molecule has 0 aromatic heterocycles. The van der Waals surface area contributed by atoms with Gasteiger partial charge >= 0.3 is 0 Å². The third kappa shape index (κ3) is 3.04. The molecule has 1 fully saturated rings. The third-order valence-electron chi connectivity index (χ3n) is 2.64. The molecular formula is C11H11Cl2FN2O2. The number of phenols is 1. The lowest BCUT2D eigenvalue weighted by atomic mass is 10.1. The Balaban J connectivity index is 2.33. The van der Waals surface area contributed by atoms with Crippen molar-refractivity contribution in [1.29, 1.82) is 0 Å². The number of halogens is 3. The van der Waals surface area contributed by atoms with E-state index in [2.05, 4.69) is 5.32 Å². The highest BCUT2D eigenvalue weighted by Gasteiger charge is 2.27. The molecule has 1 amide bonds. The van der Waals surface area contributed by atoms with Crippen LogP contribution in [0, 0.1) is 5.82 Å². The molecular weight excluding hydrogens is 282 g/mol. The van der Waals surface area contributed by atoms with Crippen molar-refractivity contribution < 1.29 is 14.3 Å². The normalized spacial score (nSPS) is 14.9. The molecule has 2 N–H and O–H groups in total. The summed E-state index contributed by atoms with van der Waals surface area (Å²) >= 11 is 11.0. The van der Waals surface area contributed by atoms with Crippen LogP contribution in [-0.4, -0.2) is 21.0 Å². The minimum Gasteiger partial charge on any atom is -0.505 e. The van der Waals surface area contributed by atoms with Gasteiger partial charge in [0.05, 0.1) is 12.1 Å². The Morgan fingerprint density at radius 3 is 2.72 bits per heavy atom. The van der Waals surface area contributed by atoms with Gasteiger partial charge in [-0.25, -0.2) is 4.39 Å². The summed E-state index contributed by atoms with van der Waals surface area (Å²) in [4.78, 5) is 11.9. The highest BCUT2D eigenvalue weighted by atomic mass is 35.5. The fraction of sp³-hybridized carbons (Fsp3) is 0.364. The van der Waals surface area contributed by atoms with E-state index in [-0.39, 0.29) is 18.2 Å². The van der Waals surface area contributed by atoms with Crippen LogP contribution in [0.2, 0.25) is 0 Å². The van der Waals surface area contributed by atoms with Crippen LogP contribution in [0.4, 0.5) is 4.39 Å². The number of carbonyl (C=O) groups is 1.